The number of Topliss-reactive ketones (excluding diaryl/α,β-unsaturated/α-hetero) is 2. The van der Waals surface area contributed by atoms with Gasteiger partial charge in [0, 0.05) is 72.9 Å². The number of aromatic nitrogens is 4. The smallest absolute Gasteiger partial charge is 0.167 e. The molecule has 0 saturated carbocycles. The molecule has 2 aliphatic heterocycles. The first kappa shape index (κ1) is 37.5. The van der Waals surface area contributed by atoms with Crippen molar-refractivity contribution in [3.05, 3.63) is 215 Å². The second-order valence-electron chi connectivity index (χ2n) is 16.8. The fourth-order valence-electron chi connectivity index (χ4n) is 10.2. The normalized spacial score (nSPS) is 16.5. The zero-order valence-corrected chi connectivity index (χ0v) is 34.8. The van der Waals surface area contributed by atoms with Gasteiger partial charge in [-0.3, -0.25) is 9.59 Å². The van der Waals surface area contributed by atoms with Crippen LogP contribution in [0.15, 0.2) is 182 Å². The lowest BCUT2D eigenvalue weighted by Crippen LogP contribution is -2.38. The summed E-state index contributed by atoms with van der Waals surface area (Å²) < 4.78 is 0. The summed E-state index contributed by atoms with van der Waals surface area (Å²) in [6, 6.07) is 57.5. The third-order valence-corrected chi connectivity index (χ3v) is 13.1. The number of ketones is 2. The maximum atomic E-state index is 14.3. The number of nitrogens with one attached hydrogen (secondary N) is 2. The van der Waals surface area contributed by atoms with E-state index in [0.717, 1.165) is 100 Å². The molecule has 2 unspecified atom stereocenters. The third kappa shape index (κ3) is 6.25. The second kappa shape index (κ2) is 15.3. The Kier molecular flexibility index (Phi) is 8.97. The van der Waals surface area contributed by atoms with Gasteiger partial charge >= 0.3 is 0 Å². The Balaban J connectivity index is 1.21. The molecule has 6 nitrogen and oxygen atoms in total. The van der Waals surface area contributed by atoms with Gasteiger partial charge in [0.2, 0.25) is 0 Å². The Bertz CT molecular complexity index is 3470. The van der Waals surface area contributed by atoms with Crippen molar-refractivity contribution in [3.63, 3.8) is 0 Å². The first-order valence-corrected chi connectivity index (χ1v) is 21.9. The van der Waals surface area contributed by atoms with Gasteiger partial charge in [0.1, 0.15) is 0 Å². The van der Waals surface area contributed by atoms with Gasteiger partial charge in [0.15, 0.2) is 11.6 Å². The monoisotopic (exact) mass is 824 g/mol. The summed E-state index contributed by atoms with van der Waals surface area (Å²) >= 11 is 0. The van der Waals surface area contributed by atoms with E-state index >= 15 is 0 Å². The van der Waals surface area contributed by atoms with Gasteiger partial charge in [0.05, 0.1) is 22.8 Å². The van der Waals surface area contributed by atoms with Crippen molar-refractivity contribution in [2.75, 3.05) is 0 Å². The zero-order valence-electron chi connectivity index (χ0n) is 34.8. The van der Waals surface area contributed by atoms with Gasteiger partial charge in [-0.25, -0.2) is 9.97 Å². The van der Waals surface area contributed by atoms with Gasteiger partial charge in [0.25, 0.3) is 0 Å². The summed E-state index contributed by atoms with van der Waals surface area (Å²) in [6.45, 7) is 0. The number of hydrogen-bond acceptors (Lipinski definition) is 4. The van der Waals surface area contributed by atoms with E-state index in [2.05, 4.69) is 156 Å². The summed E-state index contributed by atoms with van der Waals surface area (Å²) in [5, 5.41) is 0. The van der Waals surface area contributed by atoms with Crippen LogP contribution in [0.3, 0.4) is 0 Å². The van der Waals surface area contributed by atoms with Crippen molar-refractivity contribution < 1.29 is 9.59 Å². The van der Waals surface area contributed by atoms with E-state index in [1.54, 1.807) is 12.1 Å². The number of H-pyrrole nitrogens is 2. The second-order valence-corrected chi connectivity index (χ2v) is 16.8. The van der Waals surface area contributed by atoms with E-state index in [4.69, 9.17) is 9.97 Å². The SMILES string of the molecule is O=C1c2ccccc2C(=O)C2CC(C3=Cc4nc3c(-c3ccccc3)c3ccc([nH]3)c(-c3ccccc3)c3nc(c(-c5ccccc5)c5ccc([nH]5)c4-c4ccccc4)C=C3)=CCC12. The van der Waals surface area contributed by atoms with Crippen LogP contribution in [-0.4, -0.2) is 31.5 Å². The maximum absolute atomic E-state index is 14.3. The van der Waals surface area contributed by atoms with Gasteiger partial charge in [-0.05, 0) is 83.2 Å². The number of benzene rings is 5. The van der Waals surface area contributed by atoms with Crippen molar-refractivity contribution in [1.82, 2.24) is 19.9 Å². The minimum atomic E-state index is -0.465. The molecule has 5 heterocycles. The lowest BCUT2D eigenvalue weighted by molar-refractivity contribution is 0.0727. The highest BCUT2D eigenvalue weighted by Crippen LogP contribution is 2.47. The number of aromatic amines is 2. The average molecular weight is 825 g/mol. The Hall–Kier alpha value is -8.22. The molecule has 3 aromatic heterocycles. The van der Waals surface area contributed by atoms with Crippen LogP contribution in [0.5, 0.6) is 0 Å². The molecule has 2 aliphatic carbocycles. The quantitative estimate of drug-likeness (QED) is 0.181. The van der Waals surface area contributed by atoms with Crippen LogP contribution >= 0.6 is 0 Å². The molecule has 8 bridgehead atoms. The number of nitrogens with zero attached hydrogens (tertiary/aromatic N) is 2. The van der Waals surface area contributed by atoms with E-state index in [0.29, 0.717) is 24.0 Å². The van der Waals surface area contributed by atoms with Crippen LogP contribution in [0.1, 0.15) is 56.3 Å². The Morgan fingerprint density at radius 3 is 1.31 bits per heavy atom. The van der Waals surface area contributed by atoms with Crippen LogP contribution < -0.4 is 0 Å². The van der Waals surface area contributed by atoms with Crippen LogP contribution in [0, 0.1) is 11.8 Å². The Morgan fingerprint density at radius 2 is 0.828 bits per heavy atom. The number of hydrogen-bond donors (Lipinski definition) is 2. The van der Waals surface area contributed by atoms with Crippen molar-refractivity contribution in [2.24, 2.45) is 11.8 Å². The number of carbonyl (C=O) groups is 2. The minimum absolute atomic E-state index is 0.0351. The van der Waals surface area contributed by atoms with Crippen LogP contribution in [-0.2, 0) is 0 Å². The number of carbonyl (C=O) groups excluding carboxylic acids is 2. The summed E-state index contributed by atoms with van der Waals surface area (Å²) in [6.07, 6.45) is 9.53. The highest BCUT2D eigenvalue weighted by atomic mass is 16.1. The summed E-state index contributed by atoms with van der Waals surface area (Å²) in [5.74, 6) is -0.776. The minimum Gasteiger partial charge on any atom is -0.354 e. The lowest BCUT2D eigenvalue weighted by atomic mass is 9.67. The molecular weight excluding hydrogens is 785 g/mol. The molecule has 0 spiro atoms. The molecule has 0 fully saturated rings. The first-order chi connectivity index (χ1) is 31.6. The number of allylic oxidation sites excluding steroid dienone is 3. The summed E-state index contributed by atoms with van der Waals surface area (Å²) in [5.41, 5.74) is 17.9. The van der Waals surface area contributed by atoms with Gasteiger partial charge in [-0.15, -0.1) is 0 Å². The van der Waals surface area contributed by atoms with Crippen LogP contribution in [0.2, 0.25) is 0 Å². The molecule has 6 heteroatoms. The highest BCUT2D eigenvalue weighted by molar-refractivity contribution is 6.17. The van der Waals surface area contributed by atoms with Gasteiger partial charge in [-0.2, -0.15) is 0 Å². The third-order valence-electron chi connectivity index (χ3n) is 13.1. The molecule has 0 amide bonds. The van der Waals surface area contributed by atoms with Gasteiger partial charge < -0.3 is 9.97 Å². The molecule has 304 valence electrons. The largest absolute Gasteiger partial charge is 0.354 e. The maximum Gasteiger partial charge on any atom is 0.167 e. The summed E-state index contributed by atoms with van der Waals surface area (Å²) in [4.78, 5) is 47.1. The zero-order chi connectivity index (χ0) is 42.7. The van der Waals surface area contributed by atoms with Crippen molar-refractivity contribution >= 4 is 57.4 Å². The molecular formula is C58H40N4O2. The van der Waals surface area contributed by atoms with E-state index in [9.17, 15) is 9.59 Å². The van der Waals surface area contributed by atoms with Crippen LogP contribution in [0.25, 0.3) is 90.4 Å². The van der Waals surface area contributed by atoms with E-state index in [-0.39, 0.29) is 11.6 Å². The fraction of sp³-hybridized carbons (Fsp3) is 0.0690. The molecule has 2 atom stereocenters. The van der Waals surface area contributed by atoms with E-state index in [1.165, 1.54) is 0 Å². The topological polar surface area (TPSA) is 91.5 Å². The van der Waals surface area contributed by atoms with E-state index in [1.807, 2.05) is 36.4 Å². The molecule has 4 aliphatic rings. The lowest BCUT2D eigenvalue weighted by Gasteiger charge is -2.34. The Morgan fingerprint density at radius 1 is 0.422 bits per heavy atom. The Labute approximate surface area is 370 Å². The standard InChI is InChI=1S/C58H40N4O2/c63-57-40-23-13-14-24-41(40)58(64)44-33-39(25-26-42(44)57)43-34-51-54(37-19-9-3-10-20-37)49-30-29-47(60-49)52(35-15-5-1-6-16-35)45-27-28-46(59-45)53(36-17-7-2-8-18-36)48-31-32-50(61-48)55(56(43)62-51)38-21-11-4-12-22-38/h1-25,27-32,34,42,44,60-61H,26,33H2. The molecule has 2 N–H and O–H groups in total. The highest BCUT2D eigenvalue weighted by Gasteiger charge is 2.43. The molecule has 0 radical (unpaired) electrons. The molecule has 0 saturated heterocycles. The van der Waals surface area contributed by atoms with Crippen molar-refractivity contribution in [2.45, 2.75) is 12.8 Å². The molecule has 64 heavy (non-hydrogen) atoms. The average Bonchev–Trinajstić information content (AvgIpc) is 4.20. The number of rotatable bonds is 5. The van der Waals surface area contributed by atoms with Crippen molar-refractivity contribution in [3.8, 4) is 44.5 Å². The predicted octanol–water partition coefficient (Wildman–Crippen LogP) is 13.7. The summed E-state index contributed by atoms with van der Waals surface area (Å²) in [7, 11) is 0. The van der Waals surface area contributed by atoms with Crippen LogP contribution in [0.4, 0.5) is 0 Å². The van der Waals surface area contributed by atoms with E-state index < -0.39 is 11.8 Å². The van der Waals surface area contributed by atoms with Crippen molar-refractivity contribution in [1.29, 1.82) is 0 Å². The molecule has 5 aromatic carbocycles. The van der Waals surface area contributed by atoms with Gasteiger partial charge in [-0.1, -0.05) is 152 Å². The molecule has 12 rings (SSSR count). The number of fused-ring (bicyclic) bond motifs is 10. The fourth-order valence-corrected chi connectivity index (χ4v) is 10.2. The molecule has 8 aromatic rings. The first-order valence-electron chi connectivity index (χ1n) is 21.9. The predicted molar refractivity (Wildman–Crippen MR) is 259 cm³/mol.